The third kappa shape index (κ3) is 3.34. The zero-order chi connectivity index (χ0) is 15.6. The SMILES string of the molecule is C=C(C)/C=C1\C(=C)C(C)(C)C(F)(F)CC1(C)C.CC. The van der Waals surface area contributed by atoms with Crippen LogP contribution in [-0.4, -0.2) is 5.92 Å². The second-order valence-electron chi connectivity index (χ2n) is 6.27. The molecule has 0 nitrogen and oxygen atoms in total. The predicted molar refractivity (Wildman–Crippen MR) is 80.5 cm³/mol. The zero-order valence-corrected chi connectivity index (χ0v) is 13.5. The van der Waals surface area contributed by atoms with Crippen LogP contribution in [-0.2, 0) is 0 Å². The first-order valence-corrected chi connectivity index (χ1v) is 6.87. The van der Waals surface area contributed by atoms with Crippen LogP contribution >= 0.6 is 0 Å². The summed E-state index contributed by atoms with van der Waals surface area (Å²) >= 11 is 0. The monoisotopic (exact) mass is 270 g/mol. The van der Waals surface area contributed by atoms with Crippen LogP contribution in [0, 0.1) is 10.8 Å². The summed E-state index contributed by atoms with van der Waals surface area (Å²) in [4.78, 5) is 0. The first-order valence-electron chi connectivity index (χ1n) is 6.87. The lowest BCUT2D eigenvalue weighted by atomic mass is 9.59. The van der Waals surface area contributed by atoms with Crippen LogP contribution in [0.15, 0.2) is 36.0 Å². The van der Waals surface area contributed by atoms with Crippen LogP contribution in [0.2, 0.25) is 0 Å². The van der Waals surface area contributed by atoms with Crippen molar-refractivity contribution in [2.75, 3.05) is 0 Å². The van der Waals surface area contributed by atoms with Gasteiger partial charge in [-0.1, -0.05) is 66.3 Å². The van der Waals surface area contributed by atoms with E-state index in [-0.39, 0.29) is 6.42 Å². The van der Waals surface area contributed by atoms with E-state index in [9.17, 15) is 8.78 Å². The molecular weight excluding hydrogens is 242 g/mol. The van der Waals surface area contributed by atoms with E-state index >= 15 is 0 Å². The topological polar surface area (TPSA) is 0 Å². The molecular formula is C17H28F2. The van der Waals surface area contributed by atoms with Gasteiger partial charge >= 0.3 is 0 Å². The zero-order valence-electron chi connectivity index (χ0n) is 13.5. The van der Waals surface area contributed by atoms with E-state index in [1.165, 1.54) is 0 Å². The summed E-state index contributed by atoms with van der Waals surface area (Å²) in [5.74, 6) is -2.72. The van der Waals surface area contributed by atoms with Crippen molar-refractivity contribution in [3.8, 4) is 0 Å². The van der Waals surface area contributed by atoms with Gasteiger partial charge in [0.05, 0.1) is 5.41 Å². The molecule has 0 aliphatic heterocycles. The Hall–Kier alpha value is -0.920. The molecule has 0 spiro atoms. The highest BCUT2D eigenvalue weighted by molar-refractivity contribution is 5.45. The van der Waals surface area contributed by atoms with Crippen molar-refractivity contribution in [3.05, 3.63) is 36.0 Å². The van der Waals surface area contributed by atoms with E-state index in [4.69, 9.17) is 0 Å². The quantitative estimate of drug-likeness (QED) is 0.535. The van der Waals surface area contributed by atoms with Gasteiger partial charge in [-0.3, -0.25) is 0 Å². The Morgan fingerprint density at radius 3 is 1.95 bits per heavy atom. The normalized spacial score (nSPS) is 25.5. The lowest BCUT2D eigenvalue weighted by Crippen LogP contribution is -2.48. The summed E-state index contributed by atoms with van der Waals surface area (Å²) in [5.41, 5.74) is 0.552. The molecule has 19 heavy (non-hydrogen) atoms. The molecule has 0 heterocycles. The number of alkyl halides is 2. The highest BCUT2D eigenvalue weighted by Gasteiger charge is 2.57. The molecule has 2 heteroatoms. The molecule has 110 valence electrons. The van der Waals surface area contributed by atoms with Crippen molar-refractivity contribution in [1.29, 1.82) is 0 Å². The molecule has 0 aromatic rings. The van der Waals surface area contributed by atoms with Gasteiger partial charge in [-0.2, -0.15) is 0 Å². The molecule has 0 aromatic heterocycles. The van der Waals surface area contributed by atoms with Gasteiger partial charge < -0.3 is 0 Å². The second kappa shape index (κ2) is 5.60. The minimum absolute atomic E-state index is 0.148. The molecule has 1 saturated carbocycles. The summed E-state index contributed by atoms with van der Waals surface area (Å²) in [5, 5.41) is 0. The number of rotatable bonds is 1. The molecule has 0 bridgehead atoms. The minimum Gasteiger partial charge on any atom is -0.206 e. The Morgan fingerprint density at radius 2 is 1.58 bits per heavy atom. The smallest absolute Gasteiger partial charge is 0.206 e. The Kier molecular flexibility index (Phi) is 5.33. The molecule has 0 radical (unpaired) electrons. The average molecular weight is 270 g/mol. The van der Waals surface area contributed by atoms with Gasteiger partial charge in [-0.15, -0.1) is 0 Å². The second-order valence-corrected chi connectivity index (χ2v) is 6.27. The van der Waals surface area contributed by atoms with Crippen molar-refractivity contribution in [1.82, 2.24) is 0 Å². The molecule has 1 fully saturated rings. The van der Waals surface area contributed by atoms with Gasteiger partial charge in [0.1, 0.15) is 0 Å². The van der Waals surface area contributed by atoms with Crippen molar-refractivity contribution >= 4 is 0 Å². The predicted octanol–water partition coefficient (Wildman–Crippen LogP) is 6.16. The third-order valence-electron chi connectivity index (χ3n) is 3.78. The number of allylic oxidation sites excluding steroid dienone is 4. The fourth-order valence-corrected chi connectivity index (χ4v) is 2.37. The minimum atomic E-state index is -2.72. The van der Waals surface area contributed by atoms with Gasteiger partial charge in [-0.05, 0) is 23.5 Å². The Balaban J connectivity index is 0.00000154. The van der Waals surface area contributed by atoms with Crippen LogP contribution in [0.1, 0.15) is 54.9 Å². The van der Waals surface area contributed by atoms with Crippen LogP contribution < -0.4 is 0 Å². The van der Waals surface area contributed by atoms with E-state index in [2.05, 4.69) is 13.2 Å². The Morgan fingerprint density at radius 1 is 1.16 bits per heavy atom. The van der Waals surface area contributed by atoms with Crippen molar-refractivity contribution in [2.45, 2.75) is 60.8 Å². The van der Waals surface area contributed by atoms with Gasteiger partial charge in [-0.25, -0.2) is 8.78 Å². The molecule has 1 aliphatic rings. The number of hydrogen-bond donors (Lipinski definition) is 0. The van der Waals surface area contributed by atoms with Crippen LogP contribution in [0.25, 0.3) is 0 Å². The number of hydrogen-bond acceptors (Lipinski definition) is 0. The molecule has 0 aromatic carbocycles. The molecule has 0 saturated heterocycles. The Bertz CT molecular complexity index is 395. The molecule has 0 N–H and O–H groups in total. The summed E-state index contributed by atoms with van der Waals surface area (Å²) in [6.07, 6.45) is 1.74. The van der Waals surface area contributed by atoms with Crippen molar-refractivity contribution in [2.24, 2.45) is 10.8 Å². The first-order chi connectivity index (χ1) is 8.42. The fraction of sp³-hybridized carbons (Fsp3) is 0.647. The van der Waals surface area contributed by atoms with Crippen LogP contribution in [0.4, 0.5) is 8.78 Å². The fourth-order valence-electron chi connectivity index (χ4n) is 2.37. The van der Waals surface area contributed by atoms with Crippen molar-refractivity contribution < 1.29 is 8.78 Å². The average Bonchev–Trinajstić information content (AvgIpc) is 2.24. The lowest BCUT2D eigenvalue weighted by Gasteiger charge is -2.49. The third-order valence-corrected chi connectivity index (χ3v) is 3.78. The molecule has 0 atom stereocenters. The van der Waals surface area contributed by atoms with Crippen LogP contribution in [0.5, 0.6) is 0 Å². The Labute approximate surface area is 117 Å². The highest BCUT2D eigenvalue weighted by atomic mass is 19.3. The maximum Gasteiger partial charge on any atom is 0.257 e. The summed E-state index contributed by atoms with van der Waals surface area (Å²) in [7, 11) is 0. The van der Waals surface area contributed by atoms with E-state index < -0.39 is 16.8 Å². The van der Waals surface area contributed by atoms with Crippen molar-refractivity contribution in [3.63, 3.8) is 0 Å². The standard InChI is InChI=1S/C15H22F2.C2H6/c1-10(2)8-12-11(3)14(6,7)15(16,17)9-13(12,4)5;1-2/h8H,1,3,9H2,2,4-7H3;1-2H3/b12-8+;. The maximum absolute atomic E-state index is 14.1. The van der Waals surface area contributed by atoms with E-state index in [1.807, 2.05) is 40.7 Å². The molecule has 0 unspecified atom stereocenters. The summed E-state index contributed by atoms with van der Waals surface area (Å²) in [6, 6.07) is 0. The van der Waals surface area contributed by atoms with Gasteiger partial charge in [0.2, 0.25) is 0 Å². The van der Waals surface area contributed by atoms with E-state index in [0.717, 1.165) is 11.1 Å². The highest BCUT2D eigenvalue weighted by Crippen LogP contribution is 2.58. The molecule has 1 rings (SSSR count). The van der Waals surface area contributed by atoms with Gasteiger partial charge in [0.15, 0.2) is 0 Å². The summed E-state index contributed by atoms with van der Waals surface area (Å²) < 4.78 is 28.3. The molecule has 0 amide bonds. The molecule has 1 aliphatic carbocycles. The lowest BCUT2D eigenvalue weighted by molar-refractivity contribution is -0.122. The number of halogens is 2. The largest absolute Gasteiger partial charge is 0.257 e. The maximum atomic E-state index is 14.1. The van der Waals surface area contributed by atoms with Gasteiger partial charge in [0.25, 0.3) is 5.92 Å². The van der Waals surface area contributed by atoms with Crippen LogP contribution in [0.3, 0.4) is 0 Å². The van der Waals surface area contributed by atoms with E-state index in [1.54, 1.807) is 13.8 Å². The van der Waals surface area contributed by atoms with E-state index in [0.29, 0.717) is 5.57 Å². The van der Waals surface area contributed by atoms with Gasteiger partial charge in [0, 0.05) is 6.42 Å². The summed E-state index contributed by atoms with van der Waals surface area (Å²) in [6.45, 7) is 20.4. The first kappa shape index (κ1) is 18.1.